The number of hydrogen-bond acceptors (Lipinski definition) is 6. The highest BCUT2D eigenvalue weighted by Crippen LogP contribution is 2.38. The van der Waals surface area contributed by atoms with Gasteiger partial charge in [0.05, 0.1) is 19.3 Å². The van der Waals surface area contributed by atoms with E-state index < -0.39 is 6.10 Å². The molecule has 3 rings (SSSR count). The number of benzene rings is 2. The van der Waals surface area contributed by atoms with Crippen molar-refractivity contribution in [3.8, 4) is 17.2 Å². The first kappa shape index (κ1) is 28.8. The number of halogens is 1. The number of nitrogens with zero attached hydrogens (tertiary/aromatic N) is 2. The van der Waals surface area contributed by atoms with Gasteiger partial charge in [0.25, 0.3) is 0 Å². The molecule has 1 aliphatic rings. The summed E-state index contributed by atoms with van der Waals surface area (Å²) in [6.07, 6.45) is 6.42. The molecule has 0 aliphatic carbocycles. The van der Waals surface area contributed by atoms with E-state index in [4.69, 9.17) is 21.1 Å². The zero-order valence-corrected chi connectivity index (χ0v) is 22.6. The summed E-state index contributed by atoms with van der Waals surface area (Å²) < 4.78 is 11.6. The summed E-state index contributed by atoms with van der Waals surface area (Å²) in [5.41, 5.74) is 1.56. The average Bonchev–Trinajstić information content (AvgIpc) is 2.90. The van der Waals surface area contributed by atoms with Crippen LogP contribution in [0.4, 0.5) is 0 Å². The number of aliphatic hydroxyl groups excluding tert-OH is 1. The molecule has 2 aromatic rings. The van der Waals surface area contributed by atoms with Crippen LogP contribution in [-0.2, 0) is 4.79 Å². The van der Waals surface area contributed by atoms with Crippen molar-refractivity contribution in [3.63, 3.8) is 0 Å². The highest BCUT2D eigenvalue weighted by Gasteiger charge is 2.22. The SMILES string of the molecule is CCCCOc1cc(C=CC(=O)N2CCN(CC(O)c3ccc(Cl)cc3)CC2)cc(OCCCC)c1O. The molecule has 1 aliphatic heterocycles. The number of carbonyl (C=O) groups is 1. The monoisotopic (exact) mass is 530 g/mol. The van der Waals surface area contributed by atoms with Crippen LogP contribution in [0.5, 0.6) is 17.2 Å². The van der Waals surface area contributed by atoms with Gasteiger partial charge in [-0.1, -0.05) is 50.4 Å². The van der Waals surface area contributed by atoms with Gasteiger partial charge in [-0.25, -0.2) is 0 Å². The normalized spacial score (nSPS) is 15.2. The Morgan fingerprint density at radius 1 is 1.00 bits per heavy atom. The van der Waals surface area contributed by atoms with E-state index in [0.717, 1.165) is 36.8 Å². The van der Waals surface area contributed by atoms with Gasteiger partial charge in [0.15, 0.2) is 11.5 Å². The molecule has 37 heavy (non-hydrogen) atoms. The van der Waals surface area contributed by atoms with Crippen LogP contribution in [0.3, 0.4) is 0 Å². The Morgan fingerprint density at radius 2 is 1.57 bits per heavy atom. The van der Waals surface area contributed by atoms with Crippen molar-refractivity contribution in [1.29, 1.82) is 0 Å². The van der Waals surface area contributed by atoms with Gasteiger partial charge in [0.1, 0.15) is 0 Å². The molecule has 7 nitrogen and oxygen atoms in total. The number of piperazine rings is 1. The van der Waals surface area contributed by atoms with Crippen LogP contribution < -0.4 is 9.47 Å². The highest BCUT2D eigenvalue weighted by atomic mass is 35.5. The second-order valence-electron chi connectivity index (χ2n) is 9.30. The minimum absolute atomic E-state index is 0.00686. The van der Waals surface area contributed by atoms with Crippen molar-refractivity contribution in [3.05, 3.63) is 58.6 Å². The van der Waals surface area contributed by atoms with Crippen molar-refractivity contribution in [1.82, 2.24) is 9.80 Å². The maximum Gasteiger partial charge on any atom is 0.246 e. The van der Waals surface area contributed by atoms with Gasteiger partial charge in [-0.05, 0) is 54.3 Å². The first-order chi connectivity index (χ1) is 17.9. The first-order valence-corrected chi connectivity index (χ1v) is 13.5. The Kier molecular flexibility index (Phi) is 11.6. The lowest BCUT2D eigenvalue weighted by Crippen LogP contribution is -2.49. The fraction of sp³-hybridized carbons (Fsp3) is 0.483. The molecule has 2 aromatic carbocycles. The van der Waals surface area contributed by atoms with Crippen LogP contribution in [0, 0.1) is 0 Å². The molecule has 1 amide bonds. The lowest BCUT2D eigenvalue weighted by Gasteiger charge is -2.35. The van der Waals surface area contributed by atoms with Gasteiger partial charge in [-0.3, -0.25) is 9.69 Å². The smallest absolute Gasteiger partial charge is 0.246 e. The number of aromatic hydroxyl groups is 1. The predicted octanol–water partition coefficient (Wildman–Crippen LogP) is 5.29. The summed E-state index contributed by atoms with van der Waals surface area (Å²) in [6.45, 7) is 8.22. The molecule has 1 fully saturated rings. The molecule has 0 spiro atoms. The van der Waals surface area contributed by atoms with Crippen LogP contribution in [0.1, 0.15) is 56.8 Å². The predicted molar refractivity (Wildman–Crippen MR) is 147 cm³/mol. The number of rotatable bonds is 13. The topological polar surface area (TPSA) is 82.5 Å². The molecule has 1 heterocycles. The Balaban J connectivity index is 1.57. The fourth-order valence-corrected chi connectivity index (χ4v) is 4.16. The van der Waals surface area contributed by atoms with E-state index in [9.17, 15) is 15.0 Å². The lowest BCUT2D eigenvalue weighted by molar-refractivity contribution is -0.127. The van der Waals surface area contributed by atoms with Crippen LogP contribution in [0.15, 0.2) is 42.5 Å². The number of β-amino-alcohol motifs (C(OH)–C–C–N with tert-alkyl or cyclic N) is 1. The molecule has 0 saturated carbocycles. The quantitative estimate of drug-likeness (QED) is 0.270. The molecule has 2 N–H and O–H groups in total. The maximum absolute atomic E-state index is 12.9. The second kappa shape index (κ2) is 14.9. The molecular formula is C29H39ClN2O5. The summed E-state index contributed by atoms with van der Waals surface area (Å²) in [5, 5.41) is 21.8. The average molecular weight is 531 g/mol. The zero-order chi connectivity index (χ0) is 26.6. The molecular weight excluding hydrogens is 492 g/mol. The zero-order valence-electron chi connectivity index (χ0n) is 21.9. The number of amides is 1. The highest BCUT2D eigenvalue weighted by molar-refractivity contribution is 6.30. The molecule has 0 bridgehead atoms. The Morgan fingerprint density at radius 3 is 2.11 bits per heavy atom. The van der Waals surface area contributed by atoms with Gasteiger partial charge in [-0.2, -0.15) is 0 Å². The first-order valence-electron chi connectivity index (χ1n) is 13.2. The lowest BCUT2D eigenvalue weighted by atomic mass is 10.1. The Labute approximate surface area is 225 Å². The molecule has 1 unspecified atom stereocenters. The third kappa shape index (κ3) is 8.95. The number of phenolic OH excluding ortho intramolecular Hbond substituents is 1. The van der Waals surface area contributed by atoms with E-state index in [1.54, 1.807) is 41.3 Å². The maximum atomic E-state index is 12.9. The van der Waals surface area contributed by atoms with E-state index in [1.165, 1.54) is 0 Å². The van der Waals surface area contributed by atoms with Crippen molar-refractivity contribution in [2.75, 3.05) is 45.9 Å². The molecule has 202 valence electrons. The van der Waals surface area contributed by atoms with Crippen LogP contribution in [-0.4, -0.2) is 71.9 Å². The number of phenols is 1. The fourth-order valence-electron chi connectivity index (χ4n) is 4.03. The van der Waals surface area contributed by atoms with Crippen LogP contribution in [0.25, 0.3) is 6.08 Å². The Hall–Kier alpha value is -2.74. The molecule has 0 aromatic heterocycles. The van der Waals surface area contributed by atoms with Gasteiger partial charge < -0.3 is 24.6 Å². The molecule has 0 radical (unpaired) electrons. The van der Waals surface area contributed by atoms with Gasteiger partial charge >= 0.3 is 0 Å². The minimum atomic E-state index is -0.601. The summed E-state index contributed by atoms with van der Waals surface area (Å²) in [7, 11) is 0. The van der Waals surface area contributed by atoms with E-state index >= 15 is 0 Å². The van der Waals surface area contributed by atoms with E-state index in [1.807, 2.05) is 12.1 Å². The van der Waals surface area contributed by atoms with Crippen LogP contribution in [0.2, 0.25) is 5.02 Å². The summed E-state index contributed by atoms with van der Waals surface area (Å²) in [5.74, 6) is 0.644. The van der Waals surface area contributed by atoms with E-state index in [0.29, 0.717) is 62.5 Å². The summed E-state index contributed by atoms with van der Waals surface area (Å²) in [4.78, 5) is 16.8. The van der Waals surface area contributed by atoms with Crippen LogP contribution >= 0.6 is 11.6 Å². The molecule has 1 saturated heterocycles. The van der Waals surface area contributed by atoms with Crippen molar-refractivity contribution < 1.29 is 24.5 Å². The van der Waals surface area contributed by atoms with E-state index in [-0.39, 0.29) is 11.7 Å². The van der Waals surface area contributed by atoms with Gasteiger partial charge in [0, 0.05) is 43.8 Å². The summed E-state index contributed by atoms with van der Waals surface area (Å²) >= 11 is 5.93. The third-order valence-electron chi connectivity index (χ3n) is 6.36. The summed E-state index contributed by atoms with van der Waals surface area (Å²) in [6, 6.07) is 10.7. The van der Waals surface area contributed by atoms with Crippen molar-refractivity contribution >= 4 is 23.6 Å². The van der Waals surface area contributed by atoms with E-state index in [2.05, 4.69) is 18.7 Å². The second-order valence-corrected chi connectivity index (χ2v) is 9.73. The van der Waals surface area contributed by atoms with Gasteiger partial charge in [0.2, 0.25) is 11.7 Å². The molecule has 1 atom stereocenters. The number of unbranched alkanes of at least 4 members (excludes halogenated alkanes) is 2. The van der Waals surface area contributed by atoms with Gasteiger partial charge in [-0.15, -0.1) is 0 Å². The standard InChI is InChI=1S/C29H39ClN2O5/c1-3-5-17-36-26-19-22(20-27(29(26)35)37-18-6-4-2)7-12-28(34)32-15-13-31(14-16-32)21-25(33)23-8-10-24(30)11-9-23/h7-12,19-20,25,33,35H,3-6,13-18,21H2,1-2H3. The number of ether oxygens (including phenoxy) is 2. The number of carbonyl (C=O) groups excluding carboxylic acids is 1. The largest absolute Gasteiger partial charge is 0.502 e. The minimum Gasteiger partial charge on any atom is -0.502 e. The van der Waals surface area contributed by atoms with Crippen molar-refractivity contribution in [2.24, 2.45) is 0 Å². The third-order valence-corrected chi connectivity index (χ3v) is 6.61. The number of hydrogen-bond donors (Lipinski definition) is 2. The van der Waals surface area contributed by atoms with Crippen molar-refractivity contribution in [2.45, 2.75) is 45.6 Å². The number of aliphatic hydroxyl groups is 1. The molecule has 8 heteroatoms. The Bertz CT molecular complexity index is 988.